The van der Waals surface area contributed by atoms with Crippen LogP contribution >= 0.6 is 0 Å². The number of imidazole rings is 1. The molecule has 0 fully saturated rings. The van der Waals surface area contributed by atoms with E-state index in [0.29, 0.717) is 45.8 Å². The minimum atomic E-state index is -1.84. The number of anilines is 2. The number of aromatic nitrogens is 2. The molecule has 6 rings (SSSR count). The Morgan fingerprint density at radius 3 is 2.58 bits per heavy atom. The predicted octanol–water partition coefficient (Wildman–Crippen LogP) is 5.09. The summed E-state index contributed by atoms with van der Waals surface area (Å²) in [7, 11) is 0. The van der Waals surface area contributed by atoms with Crippen molar-refractivity contribution >= 4 is 34.7 Å². The van der Waals surface area contributed by atoms with Crippen LogP contribution in [0.2, 0.25) is 0 Å². The second kappa shape index (κ2) is 9.06. The summed E-state index contributed by atoms with van der Waals surface area (Å²) in [4.78, 5) is 33.2. The number of amides is 2. The maximum atomic E-state index is 13.7. The number of hydrogen-bond donors (Lipinski definition) is 4. The Bertz CT molecular complexity index is 1680. The van der Waals surface area contributed by atoms with E-state index in [1.807, 2.05) is 30.3 Å². The first-order valence-corrected chi connectivity index (χ1v) is 11.9. The normalized spacial score (nSPS) is 16.4. The monoisotopic (exact) mass is 506 g/mol. The minimum Gasteiger partial charge on any atom is -0.489 e. The Morgan fingerprint density at radius 2 is 1.76 bits per heavy atom. The molecule has 38 heavy (non-hydrogen) atoms. The lowest BCUT2D eigenvalue weighted by Gasteiger charge is -2.35. The van der Waals surface area contributed by atoms with Crippen LogP contribution in [0.25, 0.3) is 11.0 Å². The molecule has 4 aromatic carbocycles. The van der Waals surface area contributed by atoms with E-state index in [0.717, 1.165) is 5.56 Å². The largest absolute Gasteiger partial charge is 0.489 e. The van der Waals surface area contributed by atoms with Crippen LogP contribution in [0.5, 0.6) is 5.75 Å². The number of carboxylic acid groups (broad SMARTS) is 1. The maximum Gasteiger partial charge on any atom is 0.411 e. The zero-order chi connectivity index (χ0) is 26.3. The molecule has 0 aliphatic carbocycles. The summed E-state index contributed by atoms with van der Waals surface area (Å²) in [6.07, 6.45) is -1.25. The summed E-state index contributed by atoms with van der Waals surface area (Å²) in [5.41, 5.74) is 1.83. The van der Waals surface area contributed by atoms with Crippen molar-refractivity contribution in [2.75, 3.05) is 10.2 Å². The second-order valence-electron chi connectivity index (χ2n) is 8.88. The smallest absolute Gasteiger partial charge is 0.411 e. The molecule has 0 spiro atoms. The number of carbonyl (C=O) groups excluding carboxylic acids is 1. The lowest BCUT2D eigenvalue weighted by Crippen LogP contribution is -2.45. The molecule has 4 N–H and O–H groups in total. The first-order valence-electron chi connectivity index (χ1n) is 11.9. The van der Waals surface area contributed by atoms with Gasteiger partial charge in [0.1, 0.15) is 12.4 Å². The first-order chi connectivity index (χ1) is 18.4. The van der Waals surface area contributed by atoms with Crippen LogP contribution in [0.3, 0.4) is 0 Å². The van der Waals surface area contributed by atoms with Gasteiger partial charge in [0.15, 0.2) is 5.72 Å². The molecule has 2 heterocycles. The fourth-order valence-electron chi connectivity index (χ4n) is 4.79. The van der Waals surface area contributed by atoms with Crippen molar-refractivity contribution in [2.24, 2.45) is 0 Å². The third-order valence-corrected chi connectivity index (χ3v) is 6.49. The van der Waals surface area contributed by atoms with Crippen molar-refractivity contribution in [2.45, 2.75) is 12.3 Å². The number of aliphatic hydroxyl groups is 1. The Morgan fingerprint density at radius 1 is 0.974 bits per heavy atom. The molecule has 1 atom stereocenters. The van der Waals surface area contributed by atoms with Crippen molar-refractivity contribution in [3.05, 3.63) is 119 Å². The summed E-state index contributed by atoms with van der Waals surface area (Å²) in [5.74, 6) is 0.242. The van der Waals surface area contributed by atoms with Gasteiger partial charge in [0.05, 0.1) is 16.7 Å². The number of nitrogens with zero attached hydrogens (tertiary/aromatic N) is 2. The fourth-order valence-corrected chi connectivity index (χ4v) is 4.79. The van der Waals surface area contributed by atoms with Gasteiger partial charge in [-0.1, -0.05) is 60.7 Å². The van der Waals surface area contributed by atoms with E-state index in [1.54, 1.807) is 66.7 Å². The molecule has 0 radical (unpaired) electrons. The highest BCUT2D eigenvalue weighted by atomic mass is 16.5. The van der Waals surface area contributed by atoms with Crippen LogP contribution in [-0.2, 0) is 12.3 Å². The van der Waals surface area contributed by atoms with Gasteiger partial charge in [-0.3, -0.25) is 15.0 Å². The molecular weight excluding hydrogens is 484 g/mol. The van der Waals surface area contributed by atoms with Crippen LogP contribution < -0.4 is 15.0 Å². The molecular formula is C29H22N4O5. The van der Waals surface area contributed by atoms with Crippen molar-refractivity contribution in [1.82, 2.24) is 9.97 Å². The zero-order valence-corrected chi connectivity index (χ0v) is 20.0. The van der Waals surface area contributed by atoms with Gasteiger partial charge in [-0.2, -0.15) is 0 Å². The average Bonchev–Trinajstić information content (AvgIpc) is 3.43. The molecule has 1 aromatic heterocycles. The number of carbonyl (C=O) groups is 2. The van der Waals surface area contributed by atoms with Gasteiger partial charge < -0.3 is 19.9 Å². The fraction of sp³-hybridized carbons (Fsp3) is 0.0690. The first kappa shape index (κ1) is 23.3. The van der Waals surface area contributed by atoms with Gasteiger partial charge in [0, 0.05) is 22.8 Å². The Balaban J connectivity index is 1.42. The summed E-state index contributed by atoms with van der Waals surface area (Å²) in [5, 5.41) is 23.5. The summed E-state index contributed by atoms with van der Waals surface area (Å²) < 4.78 is 5.98. The quantitative estimate of drug-likeness (QED) is 0.254. The maximum absolute atomic E-state index is 13.7. The van der Waals surface area contributed by atoms with E-state index in [1.165, 1.54) is 4.90 Å². The van der Waals surface area contributed by atoms with Crippen molar-refractivity contribution in [1.29, 1.82) is 0 Å². The van der Waals surface area contributed by atoms with Crippen LogP contribution in [-0.4, -0.2) is 32.2 Å². The topological polar surface area (TPSA) is 128 Å². The Labute approximate surface area is 217 Å². The number of H-pyrrole nitrogens is 1. The van der Waals surface area contributed by atoms with Gasteiger partial charge in [-0.15, -0.1) is 0 Å². The number of aromatic amines is 1. The third-order valence-electron chi connectivity index (χ3n) is 6.49. The highest BCUT2D eigenvalue weighted by Crippen LogP contribution is 2.45. The van der Waals surface area contributed by atoms with E-state index in [4.69, 9.17) is 9.84 Å². The predicted molar refractivity (Wildman–Crippen MR) is 141 cm³/mol. The molecule has 1 aliphatic rings. The van der Waals surface area contributed by atoms with E-state index in [2.05, 4.69) is 15.3 Å². The van der Waals surface area contributed by atoms with Crippen LogP contribution in [0.4, 0.5) is 16.4 Å². The number of nitrogens with one attached hydrogen (secondary N) is 2. The lowest BCUT2D eigenvalue weighted by atomic mass is 9.93. The standard InChI is InChI=1S/C29H22N4O5/c34-26-22-11-4-5-12-23(22)29(37,19-13-14-24-25(15-19)31-27(30-24)32-28(35)36)33(26)20-9-6-10-21(16-20)38-17-18-7-2-1-3-8-18/h1-16,37H,17H2,(H,35,36)(H2,30,31,32). The number of fused-ring (bicyclic) bond motifs is 2. The molecule has 0 bridgehead atoms. The second-order valence-corrected chi connectivity index (χ2v) is 8.88. The van der Waals surface area contributed by atoms with Crippen LogP contribution in [0.1, 0.15) is 27.0 Å². The van der Waals surface area contributed by atoms with Gasteiger partial charge in [0.2, 0.25) is 5.95 Å². The highest BCUT2D eigenvalue weighted by Gasteiger charge is 2.50. The molecule has 0 saturated carbocycles. The number of rotatable bonds is 6. The van der Waals surface area contributed by atoms with E-state index in [9.17, 15) is 14.7 Å². The Hall–Kier alpha value is -5.15. The van der Waals surface area contributed by atoms with Crippen LogP contribution in [0.15, 0.2) is 97.1 Å². The molecule has 0 saturated heterocycles. The summed E-state index contributed by atoms with van der Waals surface area (Å²) >= 11 is 0. The third kappa shape index (κ3) is 3.91. The van der Waals surface area contributed by atoms with Gasteiger partial charge >= 0.3 is 6.09 Å². The number of hydrogen-bond acceptors (Lipinski definition) is 5. The van der Waals surface area contributed by atoms with Crippen molar-refractivity contribution in [3.63, 3.8) is 0 Å². The molecule has 188 valence electrons. The van der Waals surface area contributed by atoms with Crippen LogP contribution in [0, 0.1) is 0 Å². The van der Waals surface area contributed by atoms with E-state index in [-0.39, 0.29) is 11.9 Å². The van der Waals surface area contributed by atoms with Gasteiger partial charge in [0.25, 0.3) is 5.91 Å². The average molecular weight is 507 g/mol. The molecule has 1 unspecified atom stereocenters. The molecule has 5 aromatic rings. The zero-order valence-electron chi connectivity index (χ0n) is 20.0. The Kier molecular flexibility index (Phi) is 5.54. The summed E-state index contributed by atoms with van der Waals surface area (Å²) in [6, 6.07) is 28.7. The molecule has 2 amide bonds. The SMILES string of the molecule is O=C(O)Nc1nc2ccc(C3(O)c4ccccc4C(=O)N3c3cccc(OCc4ccccc4)c3)cc2[nH]1. The van der Waals surface area contributed by atoms with E-state index < -0.39 is 11.8 Å². The molecule has 1 aliphatic heterocycles. The molecule has 9 heteroatoms. The van der Waals surface area contributed by atoms with Crippen molar-refractivity contribution in [3.8, 4) is 5.75 Å². The highest BCUT2D eigenvalue weighted by molar-refractivity contribution is 6.12. The van der Waals surface area contributed by atoms with Gasteiger partial charge in [-0.25, -0.2) is 9.78 Å². The lowest BCUT2D eigenvalue weighted by molar-refractivity contribution is 0.0703. The van der Waals surface area contributed by atoms with Gasteiger partial charge in [-0.05, 0) is 35.9 Å². The van der Waals surface area contributed by atoms with E-state index >= 15 is 0 Å². The van der Waals surface area contributed by atoms with Crippen molar-refractivity contribution < 1.29 is 24.5 Å². The minimum absolute atomic E-state index is 0.0552. The summed E-state index contributed by atoms with van der Waals surface area (Å²) in [6.45, 7) is 0.353. The molecule has 9 nitrogen and oxygen atoms in total. The number of ether oxygens (including phenoxy) is 1. The number of benzene rings is 4.